The molecule has 7 heteroatoms. The van der Waals surface area contributed by atoms with Crippen LogP contribution < -0.4 is 10.6 Å². The minimum atomic E-state index is -0.725. The Kier molecular flexibility index (Phi) is 4.79. The molecule has 132 valence electrons. The van der Waals surface area contributed by atoms with Crippen molar-refractivity contribution in [3.8, 4) is 0 Å². The van der Waals surface area contributed by atoms with Crippen LogP contribution in [-0.2, 0) is 9.59 Å². The number of nitrogens with one attached hydrogen (secondary N) is 2. The number of imide groups is 1. The summed E-state index contributed by atoms with van der Waals surface area (Å²) in [5.41, 5.74) is 1.63. The van der Waals surface area contributed by atoms with Gasteiger partial charge < -0.3 is 10.6 Å². The lowest BCUT2D eigenvalue weighted by Crippen LogP contribution is -2.38. The topological polar surface area (TPSA) is 78.5 Å². The number of carbonyl (C=O) groups excluding carboxylic acids is 3. The lowest BCUT2D eigenvalue weighted by Gasteiger charge is -2.12. The minimum Gasteiger partial charge on any atom is -0.325 e. The number of amides is 4. The van der Waals surface area contributed by atoms with E-state index in [2.05, 4.69) is 10.6 Å². The maximum absolute atomic E-state index is 13.7. The van der Waals surface area contributed by atoms with Gasteiger partial charge in [-0.1, -0.05) is 30.3 Å². The highest BCUT2D eigenvalue weighted by molar-refractivity contribution is 6.15. The zero-order valence-electron chi connectivity index (χ0n) is 14.0. The van der Waals surface area contributed by atoms with Crippen molar-refractivity contribution in [3.05, 3.63) is 71.2 Å². The number of aryl methyl sites for hydroxylation is 1. The first-order chi connectivity index (χ1) is 12.4. The van der Waals surface area contributed by atoms with Crippen LogP contribution in [0, 0.1) is 12.7 Å². The molecule has 1 fully saturated rings. The summed E-state index contributed by atoms with van der Waals surface area (Å²) in [7, 11) is 0. The van der Waals surface area contributed by atoms with E-state index >= 15 is 0 Å². The lowest BCUT2D eigenvalue weighted by atomic mass is 10.2. The number of urea groups is 1. The second kappa shape index (κ2) is 7.18. The molecule has 2 aromatic carbocycles. The molecular weight excluding hydrogens is 337 g/mol. The van der Waals surface area contributed by atoms with Gasteiger partial charge in [0, 0.05) is 11.3 Å². The Morgan fingerprint density at radius 1 is 1.19 bits per heavy atom. The van der Waals surface area contributed by atoms with E-state index < -0.39 is 30.2 Å². The number of hydrogen-bond acceptors (Lipinski definition) is 3. The monoisotopic (exact) mass is 353 g/mol. The first kappa shape index (κ1) is 17.3. The van der Waals surface area contributed by atoms with Gasteiger partial charge in [0.05, 0.1) is 0 Å². The smallest absolute Gasteiger partial charge is 0.325 e. The van der Waals surface area contributed by atoms with Crippen LogP contribution in [0.15, 0.2) is 54.2 Å². The summed E-state index contributed by atoms with van der Waals surface area (Å²) < 4.78 is 13.7. The molecule has 3 rings (SSSR count). The van der Waals surface area contributed by atoms with Crippen LogP contribution in [-0.4, -0.2) is 29.3 Å². The largest absolute Gasteiger partial charge is 0.329 e. The highest BCUT2D eigenvalue weighted by Crippen LogP contribution is 2.16. The zero-order chi connectivity index (χ0) is 18.7. The number of benzene rings is 2. The number of halogens is 1. The van der Waals surface area contributed by atoms with Crippen molar-refractivity contribution in [1.29, 1.82) is 0 Å². The third kappa shape index (κ3) is 3.77. The van der Waals surface area contributed by atoms with Crippen LogP contribution in [0.5, 0.6) is 0 Å². The van der Waals surface area contributed by atoms with Crippen LogP contribution >= 0.6 is 0 Å². The molecule has 0 atom stereocenters. The van der Waals surface area contributed by atoms with Gasteiger partial charge in [-0.3, -0.25) is 9.59 Å². The fourth-order valence-electron chi connectivity index (χ4n) is 2.53. The molecule has 0 aromatic heterocycles. The highest BCUT2D eigenvalue weighted by Gasteiger charge is 2.35. The predicted octanol–water partition coefficient (Wildman–Crippen LogP) is 2.67. The van der Waals surface area contributed by atoms with Gasteiger partial charge in [-0.05, 0) is 36.8 Å². The van der Waals surface area contributed by atoms with Gasteiger partial charge in [0.25, 0.3) is 5.91 Å². The molecule has 1 aliphatic rings. The number of hydrogen-bond donors (Lipinski definition) is 2. The molecule has 0 bridgehead atoms. The third-order valence-corrected chi connectivity index (χ3v) is 3.77. The Hall–Kier alpha value is -3.48. The van der Waals surface area contributed by atoms with Crippen molar-refractivity contribution in [1.82, 2.24) is 10.2 Å². The Morgan fingerprint density at radius 3 is 2.69 bits per heavy atom. The molecule has 0 spiro atoms. The van der Waals surface area contributed by atoms with Gasteiger partial charge in [-0.2, -0.15) is 0 Å². The Bertz CT molecular complexity index is 924. The van der Waals surface area contributed by atoms with Crippen LogP contribution in [0.2, 0.25) is 0 Å². The van der Waals surface area contributed by atoms with E-state index in [4.69, 9.17) is 0 Å². The summed E-state index contributed by atoms with van der Waals surface area (Å²) in [6.45, 7) is 1.44. The third-order valence-electron chi connectivity index (χ3n) is 3.77. The molecular formula is C19H16FN3O3. The molecule has 1 heterocycles. The molecule has 6 nitrogen and oxygen atoms in total. The van der Waals surface area contributed by atoms with E-state index in [-0.39, 0.29) is 11.3 Å². The fraction of sp³-hybridized carbons (Fsp3) is 0.105. The number of rotatable bonds is 4. The standard InChI is InChI=1S/C19H16FN3O3/c1-12-5-4-7-14(9-12)21-17(24)11-23-18(25)16(22-19(23)26)10-13-6-2-3-8-15(13)20/h2-10H,11H2,1H3,(H,21,24)(H,22,26)/b16-10-. The van der Waals surface area contributed by atoms with Gasteiger partial charge >= 0.3 is 6.03 Å². The van der Waals surface area contributed by atoms with Gasteiger partial charge in [0.1, 0.15) is 18.1 Å². The first-order valence-electron chi connectivity index (χ1n) is 7.89. The maximum atomic E-state index is 13.7. The van der Waals surface area contributed by atoms with Crippen molar-refractivity contribution < 1.29 is 18.8 Å². The van der Waals surface area contributed by atoms with Crippen LogP contribution in [0.25, 0.3) is 6.08 Å². The molecule has 1 aliphatic heterocycles. The molecule has 0 aliphatic carbocycles. The number of nitrogens with zero attached hydrogens (tertiary/aromatic N) is 1. The zero-order valence-corrected chi connectivity index (χ0v) is 14.0. The van der Waals surface area contributed by atoms with Crippen molar-refractivity contribution >= 4 is 29.6 Å². The second-order valence-corrected chi connectivity index (χ2v) is 5.82. The fourth-order valence-corrected chi connectivity index (χ4v) is 2.53. The average Bonchev–Trinajstić information content (AvgIpc) is 2.84. The van der Waals surface area contributed by atoms with Crippen molar-refractivity contribution in [2.24, 2.45) is 0 Å². The predicted molar refractivity (Wildman–Crippen MR) is 94.4 cm³/mol. The molecule has 2 aromatic rings. The second-order valence-electron chi connectivity index (χ2n) is 5.82. The van der Waals surface area contributed by atoms with E-state index in [1.165, 1.54) is 24.3 Å². The number of anilines is 1. The summed E-state index contributed by atoms with van der Waals surface area (Å²) in [6.07, 6.45) is 1.24. The van der Waals surface area contributed by atoms with Gasteiger partial charge in [0.2, 0.25) is 5.91 Å². The van der Waals surface area contributed by atoms with Crippen molar-refractivity contribution in [2.45, 2.75) is 6.92 Å². The van der Waals surface area contributed by atoms with Gasteiger partial charge in [0.15, 0.2) is 0 Å². The minimum absolute atomic E-state index is 0.0801. The normalized spacial score (nSPS) is 15.3. The molecule has 0 saturated carbocycles. The van der Waals surface area contributed by atoms with Crippen LogP contribution in [0.4, 0.5) is 14.9 Å². The van der Waals surface area contributed by atoms with Crippen molar-refractivity contribution in [3.63, 3.8) is 0 Å². The Morgan fingerprint density at radius 2 is 1.96 bits per heavy atom. The molecule has 0 radical (unpaired) electrons. The molecule has 0 unspecified atom stereocenters. The van der Waals surface area contributed by atoms with E-state index in [1.54, 1.807) is 24.3 Å². The summed E-state index contributed by atoms with van der Waals surface area (Å²) in [5.74, 6) is -1.71. The number of carbonyl (C=O) groups is 3. The lowest BCUT2D eigenvalue weighted by molar-refractivity contribution is -0.127. The summed E-state index contributed by atoms with van der Waals surface area (Å²) in [5, 5.41) is 4.99. The first-order valence-corrected chi connectivity index (χ1v) is 7.89. The van der Waals surface area contributed by atoms with E-state index in [0.29, 0.717) is 5.69 Å². The molecule has 4 amide bonds. The van der Waals surface area contributed by atoms with Crippen LogP contribution in [0.1, 0.15) is 11.1 Å². The summed E-state index contributed by atoms with van der Waals surface area (Å²) >= 11 is 0. The SMILES string of the molecule is Cc1cccc(NC(=O)CN2C(=O)N/C(=C\c3ccccc3F)C2=O)c1. The highest BCUT2D eigenvalue weighted by atomic mass is 19.1. The summed E-state index contributed by atoms with van der Waals surface area (Å²) in [4.78, 5) is 37.2. The van der Waals surface area contributed by atoms with Crippen molar-refractivity contribution in [2.75, 3.05) is 11.9 Å². The Balaban J connectivity index is 1.71. The van der Waals surface area contributed by atoms with Gasteiger partial charge in [-0.25, -0.2) is 14.1 Å². The van der Waals surface area contributed by atoms with Gasteiger partial charge in [-0.15, -0.1) is 0 Å². The van der Waals surface area contributed by atoms with E-state index in [0.717, 1.165) is 10.5 Å². The van der Waals surface area contributed by atoms with Crippen LogP contribution in [0.3, 0.4) is 0 Å². The quantitative estimate of drug-likeness (QED) is 0.655. The van der Waals surface area contributed by atoms with E-state index in [1.807, 2.05) is 13.0 Å². The molecule has 2 N–H and O–H groups in total. The average molecular weight is 353 g/mol. The van der Waals surface area contributed by atoms with E-state index in [9.17, 15) is 18.8 Å². The summed E-state index contributed by atoms with van der Waals surface area (Å²) in [6, 6.07) is 12.3. The molecule has 26 heavy (non-hydrogen) atoms. The molecule has 1 saturated heterocycles. The Labute approximate surface area is 149 Å². The maximum Gasteiger partial charge on any atom is 0.329 e.